The SMILES string of the molecule is CCC1=CC(C2OCC(F)(F)C(F)(F)CO2)CC(O)(CC)C1. The molecule has 128 valence electrons. The van der Waals surface area contributed by atoms with E-state index in [0.717, 1.165) is 5.57 Å². The highest BCUT2D eigenvalue weighted by Gasteiger charge is 2.59. The van der Waals surface area contributed by atoms with E-state index >= 15 is 0 Å². The van der Waals surface area contributed by atoms with E-state index in [9.17, 15) is 22.7 Å². The highest BCUT2D eigenvalue weighted by Crippen LogP contribution is 2.42. The standard InChI is InChI=1S/C15H22F4O3/c1-3-10-5-11(7-13(20,4-2)6-10)12-21-8-14(16,17)15(18,19)9-22-12/h5,11-12,20H,3-4,6-9H2,1-2H3. The minimum atomic E-state index is -4.26. The third-order valence-electron chi connectivity index (χ3n) is 4.48. The summed E-state index contributed by atoms with van der Waals surface area (Å²) in [5, 5.41) is 10.5. The Morgan fingerprint density at radius 3 is 2.14 bits per heavy atom. The van der Waals surface area contributed by atoms with Gasteiger partial charge >= 0.3 is 11.8 Å². The van der Waals surface area contributed by atoms with Gasteiger partial charge in [0.05, 0.1) is 5.60 Å². The number of hydrogen-bond acceptors (Lipinski definition) is 3. The molecule has 0 aromatic rings. The molecule has 1 aliphatic heterocycles. The lowest BCUT2D eigenvalue weighted by Crippen LogP contribution is -2.45. The first-order valence-electron chi connectivity index (χ1n) is 7.53. The van der Waals surface area contributed by atoms with Gasteiger partial charge in [0, 0.05) is 5.92 Å². The lowest BCUT2D eigenvalue weighted by atomic mass is 9.76. The van der Waals surface area contributed by atoms with Gasteiger partial charge in [-0.25, -0.2) is 0 Å². The van der Waals surface area contributed by atoms with Crippen molar-refractivity contribution in [3.63, 3.8) is 0 Å². The van der Waals surface area contributed by atoms with Crippen molar-refractivity contribution in [3.8, 4) is 0 Å². The molecule has 0 saturated carbocycles. The molecule has 1 N–H and O–H groups in total. The van der Waals surface area contributed by atoms with Gasteiger partial charge in [-0.05, 0) is 25.7 Å². The normalized spacial score (nSPS) is 35.8. The van der Waals surface area contributed by atoms with Gasteiger partial charge in [-0.15, -0.1) is 0 Å². The summed E-state index contributed by atoms with van der Waals surface area (Å²) in [6.45, 7) is 0.968. The Morgan fingerprint density at radius 2 is 1.68 bits per heavy atom. The quantitative estimate of drug-likeness (QED) is 0.637. The number of alkyl halides is 4. The summed E-state index contributed by atoms with van der Waals surface area (Å²) in [6.07, 6.45) is 2.53. The molecule has 2 aliphatic rings. The van der Waals surface area contributed by atoms with Crippen molar-refractivity contribution in [2.45, 2.75) is 63.3 Å². The van der Waals surface area contributed by atoms with Crippen LogP contribution in [0.15, 0.2) is 11.6 Å². The van der Waals surface area contributed by atoms with Crippen molar-refractivity contribution in [2.24, 2.45) is 5.92 Å². The molecule has 2 unspecified atom stereocenters. The van der Waals surface area contributed by atoms with E-state index in [4.69, 9.17) is 9.47 Å². The van der Waals surface area contributed by atoms with Crippen LogP contribution in [0.2, 0.25) is 0 Å². The molecule has 22 heavy (non-hydrogen) atoms. The highest BCUT2D eigenvalue weighted by atomic mass is 19.3. The smallest absolute Gasteiger partial charge is 0.335 e. The largest absolute Gasteiger partial charge is 0.390 e. The van der Waals surface area contributed by atoms with Crippen LogP contribution in [0.1, 0.15) is 39.5 Å². The second-order valence-corrected chi connectivity index (χ2v) is 6.20. The third-order valence-corrected chi connectivity index (χ3v) is 4.48. The van der Waals surface area contributed by atoms with Gasteiger partial charge < -0.3 is 14.6 Å². The maximum Gasteiger partial charge on any atom is 0.335 e. The van der Waals surface area contributed by atoms with Gasteiger partial charge in [0.25, 0.3) is 0 Å². The molecule has 0 radical (unpaired) electrons. The average molecular weight is 326 g/mol. The maximum absolute atomic E-state index is 13.3. The predicted octanol–water partition coefficient (Wildman–Crippen LogP) is 3.52. The zero-order chi connectivity index (χ0) is 16.6. The van der Waals surface area contributed by atoms with E-state index in [2.05, 4.69) is 0 Å². The van der Waals surface area contributed by atoms with E-state index < -0.39 is 42.9 Å². The molecule has 0 amide bonds. The van der Waals surface area contributed by atoms with E-state index in [1.54, 1.807) is 6.08 Å². The number of ether oxygens (including phenoxy) is 2. The summed E-state index contributed by atoms with van der Waals surface area (Å²) < 4.78 is 63.1. The minimum absolute atomic E-state index is 0.245. The lowest BCUT2D eigenvalue weighted by Gasteiger charge is -2.38. The fraction of sp³-hybridized carbons (Fsp3) is 0.867. The van der Waals surface area contributed by atoms with E-state index in [0.29, 0.717) is 19.3 Å². The molecule has 2 rings (SSSR count). The Bertz CT molecular complexity index is 421. The van der Waals surface area contributed by atoms with Crippen LogP contribution < -0.4 is 0 Å². The van der Waals surface area contributed by atoms with E-state index in [-0.39, 0.29) is 6.42 Å². The molecule has 0 aromatic carbocycles. The van der Waals surface area contributed by atoms with Crippen molar-refractivity contribution >= 4 is 0 Å². The van der Waals surface area contributed by atoms with Gasteiger partial charge in [0.2, 0.25) is 0 Å². The summed E-state index contributed by atoms with van der Waals surface area (Å²) >= 11 is 0. The van der Waals surface area contributed by atoms with Crippen molar-refractivity contribution in [1.82, 2.24) is 0 Å². The van der Waals surface area contributed by atoms with Crippen LogP contribution in [0.4, 0.5) is 17.6 Å². The second kappa shape index (κ2) is 6.09. The molecule has 0 aromatic heterocycles. The van der Waals surface area contributed by atoms with Gasteiger partial charge in [0.15, 0.2) is 6.29 Å². The number of hydrogen-bond donors (Lipinski definition) is 1. The summed E-state index contributed by atoms with van der Waals surface area (Å²) in [5.74, 6) is -9.03. The topological polar surface area (TPSA) is 38.7 Å². The Morgan fingerprint density at radius 1 is 1.14 bits per heavy atom. The van der Waals surface area contributed by atoms with Gasteiger partial charge in [0.1, 0.15) is 13.2 Å². The van der Waals surface area contributed by atoms with Crippen LogP contribution in [0.5, 0.6) is 0 Å². The molecule has 0 spiro atoms. The molecular formula is C15H22F4O3. The summed E-state index contributed by atoms with van der Waals surface area (Å²) in [5.41, 5.74) is -0.0231. The predicted molar refractivity (Wildman–Crippen MR) is 71.9 cm³/mol. The van der Waals surface area contributed by atoms with Crippen LogP contribution in [-0.4, -0.2) is 42.1 Å². The molecule has 1 fully saturated rings. The van der Waals surface area contributed by atoms with Crippen LogP contribution in [-0.2, 0) is 9.47 Å². The van der Waals surface area contributed by atoms with Crippen LogP contribution in [0.3, 0.4) is 0 Å². The average Bonchev–Trinajstić information content (AvgIpc) is 2.55. The summed E-state index contributed by atoms with van der Waals surface area (Å²) in [6, 6.07) is 0. The number of halogens is 4. The van der Waals surface area contributed by atoms with Crippen molar-refractivity contribution in [3.05, 3.63) is 11.6 Å². The first kappa shape index (κ1) is 17.7. The maximum atomic E-state index is 13.3. The molecule has 1 heterocycles. The minimum Gasteiger partial charge on any atom is -0.390 e. The Labute approximate surface area is 127 Å². The fourth-order valence-corrected chi connectivity index (χ4v) is 2.92. The van der Waals surface area contributed by atoms with Crippen molar-refractivity contribution in [2.75, 3.05) is 13.2 Å². The molecule has 1 saturated heterocycles. The van der Waals surface area contributed by atoms with Crippen LogP contribution >= 0.6 is 0 Å². The Kier molecular flexibility index (Phi) is 4.90. The van der Waals surface area contributed by atoms with Gasteiger partial charge in [-0.1, -0.05) is 25.5 Å². The highest BCUT2D eigenvalue weighted by molar-refractivity contribution is 5.14. The Balaban J connectivity index is 2.17. The Hall–Kier alpha value is -0.660. The second-order valence-electron chi connectivity index (χ2n) is 6.20. The molecule has 0 bridgehead atoms. The monoisotopic (exact) mass is 326 g/mol. The lowest BCUT2D eigenvalue weighted by molar-refractivity contribution is -0.222. The molecular weight excluding hydrogens is 304 g/mol. The van der Waals surface area contributed by atoms with Crippen molar-refractivity contribution in [1.29, 1.82) is 0 Å². The summed E-state index contributed by atoms with van der Waals surface area (Å²) in [7, 11) is 0. The van der Waals surface area contributed by atoms with E-state index in [1.165, 1.54) is 0 Å². The number of aliphatic hydroxyl groups is 1. The first-order chi connectivity index (χ1) is 10.1. The molecule has 3 nitrogen and oxygen atoms in total. The first-order valence-corrected chi connectivity index (χ1v) is 7.53. The van der Waals surface area contributed by atoms with Crippen LogP contribution in [0, 0.1) is 5.92 Å². The zero-order valence-electron chi connectivity index (χ0n) is 12.8. The third kappa shape index (κ3) is 3.46. The zero-order valence-corrected chi connectivity index (χ0v) is 12.8. The van der Waals surface area contributed by atoms with Gasteiger partial charge in [-0.3, -0.25) is 0 Å². The summed E-state index contributed by atoms with van der Waals surface area (Å²) in [4.78, 5) is 0. The van der Waals surface area contributed by atoms with Crippen LogP contribution in [0.25, 0.3) is 0 Å². The van der Waals surface area contributed by atoms with Crippen molar-refractivity contribution < 1.29 is 32.1 Å². The van der Waals surface area contributed by atoms with Gasteiger partial charge in [-0.2, -0.15) is 17.6 Å². The fourth-order valence-electron chi connectivity index (χ4n) is 2.92. The molecule has 1 aliphatic carbocycles. The van der Waals surface area contributed by atoms with E-state index in [1.807, 2.05) is 13.8 Å². The molecule has 2 atom stereocenters. The molecule has 7 heteroatoms. The number of rotatable bonds is 3.